The first-order valence-electron chi connectivity index (χ1n) is 9.51. The van der Waals surface area contributed by atoms with E-state index >= 15 is 0 Å². The Balaban J connectivity index is 0.00000392. The van der Waals surface area contributed by atoms with Crippen molar-refractivity contribution in [3.05, 3.63) is 39.9 Å². The fourth-order valence-electron chi connectivity index (χ4n) is 3.16. The molecule has 28 heavy (non-hydrogen) atoms. The summed E-state index contributed by atoms with van der Waals surface area (Å²) in [6.07, 6.45) is 4.34. The van der Waals surface area contributed by atoms with Crippen LogP contribution in [0.1, 0.15) is 38.2 Å². The summed E-state index contributed by atoms with van der Waals surface area (Å²) in [7, 11) is 1.75. The molecule has 1 atom stereocenters. The van der Waals surface area contributed by atoms with E-state index in [0.717, 1.165) is 56.8 Å². The Morgan fingerprint density at radius 2 is 2.04 bits per heavy atom. The van der Waals surface area contributed by atoms with Gasteiger partial charge in [-0.3, -0.25) is 19.9 Å². The first kappa shape index (κ1) is 24.1. The summed E-state index contributed by atoms with van der Waals surface area (Å²) >= 11 is 0. The van der Waals surface area contributed by atoms with Crippen LogP contribution in [-0.2, 0) is 11.2 Å². The van der Waals surface area contributed by atoms with Gasteiger partial charge in [-0.2, -0.15) is 0 Å². The lowest BCUT2D eigenvalue weighted by atomic mass is 10.1. The fraction of sp³-hybridized carbons (Fsp3) is 0.579. The first-order valence-corrected chi connectivity index (χ1v) is 9.51. The third-order valence-corrected chi connectivity index (χ3v) is 4.74. The van der Waals surface area contributed by atoms with Crippen LogP contribution in [0, 0.1) is 10.1 Å². The Hall–Kier alpha value is -1.91. The lowest BCUT2D eigenvalue weighted by Gasteiger charge is -2.18. The van der Waals surface area contributed by atoms with Gasteiger partial charge in [-0.15, -0.1) is 24.0 Å². The van der Waals surface area contributed by atoms with Crippen molar-refractivity contribution in [2.45, 2.75) is 45.1 Å². The lowest BCUT2D eigenvalue weighted by molar-refractivity contribution is -0.384. The number of aliphatic imine (C=N–C) groups is 1. The van der Waals surface area contributed by atoms with E-state index in [2.05, 4.69) is 15.6 Å². The number of likely N-dealkylation sites (tertiary alicyclic amines) is 1. The molecule has 9 heteroatoms. The molecule has 1 unspecified atom stereocenters. The number of carbonyl (C=O) groups is 1. The Morgan fingerprint density at radius 1 is 1.32 bits per heavy atom. The zero-order valence-electron chi connectivity index (χ0n) is 16.5. The second kappa shape index (κ2) is 12.5. The number of non-ortho nitro benzene ring substituents is 1. The minimum Gasteiger partial charge on any atom is -0.356 e. The molecule has 1 aromatic rings. The van der Waals surface area contributed by atoms with Gasteiger partial charge in [-0.25, -0.2) is 0 Å². The molecule has 2 N–H and O–H groups in total. The third-order valence-electron chi connectivity index (χ3n) is 4.74. The minimum absolute atomic E-state index is 0. The average molecular weight is 503 g/mol. The van der Waals surface area contributed by atoms with Crippen molar-refractivity contribution in [2.75, 3.05) is 26.7 Å². The van der Waals surface area contributed by atoms with Gasteiger partial charge in [-0.05, 0) is 31.2 Å². The third kappa shape index (κ3) is 7.61. The summed E-state index contributed by atoms with van der Waals surface area (Å²) in [5, 5.41) is 17.3. The minimum atomic E-state index is -0.381. The lowest BCUT2D eigenvalue weighted by Crippen LogP contribution is -2.45. The van der Waals surface area contributed by atoms with Crippen LogP contribution in [0.15, 0.2) is 29.3 Å². The largest absolute Gasteiger partial charge is 0.356 e. The normalized spacial score (nSPS) is 16.4. The summed E-state index contributed by atoms with van der Waals surface area (Å²) in [5.41, 5.74) is 1.23. The number of nitro groups is 1. The van der Waals surface area contributed by atoms with Crippen molar-refractivity contribution >= 4 is 41.5 Å². The Kier molecular flexibility index (Phi) is 10.8. The van der Waals surface area contributed by atoms with Crippen molar-refractivity contribution in [2.24, 2.45) is 4.99 Å². The van der Waals surface area contributed by atoms with Crippen LogP contribution in [0.3, 0.4) is 0 Å². The molecule has 1 amide bonds. The number of hydrogen-bond donors (Lipinski definition) is 2. The quantitative estimate of drug-likeness (QED) is 0.142. The van der Waals surface area contributed by atoms with Crippen LogP contribution in [0.25, 0.3) is 0 Å². The number of nitrogens with zero attached hydrogens (tertiary/aromatic N) is 3. The number of aryl methyl sites for hydroxylation is 1. The Morgan fingerprint density at radius 3 is 2.64 bits per heavy atom. The van der Waals surface area contributed by atoms with Crippen molar-refractivity contribution in [3.63, 3.8) is 0 Å². The van der Waals surface area contributed by atoms with Crippen LogP contribution in [0.2, 0.25) is 0 Å². The summed E-state index contributed by atoms with van der Waals surface area (Å²) in [4.78, 5) is 28.2. The Labute approximate surface area is 183 Å². The van der Waals surface area contributed by atoms with Crippen LogP contribution < -0.4 is 10.6 Å². The maximum atomic E-state index is 11.7. The van der Waals surface area contributed by atoms with Gasteiger partial charge in [0.15, 0.2) is 5.96 Å². The number of benzene rings is 1. The van der Waals surface area contributed by atoms with Crippen molar-refractivity contribution in [3.8, 4) is 0 Å². The molecular formula is C19H30IN5O3. The van der Waals surface area contributed by atoms with Crippen LogP contribution >= 0.6 is 24.0 Å². The average Bonchev–Trinajstić information content (AvgIpc) is 3.15. The maximum absolute atomic E-state index is 11.7. The summed E-state index contributed by atoms with van der Waals surface area (Å²) in [5.74, 6) is 0.967. The smallest absolute Gasteiger partial charge is 0.269 e. The standard InChI is InChI=1S/C19H29N5O3.HI/c1-3-18(25)23-13-11-16(14-23)22-19(20-2)21-12-5-4-6-15-7-9-17(10-8-15)24(26)27;/h7-10,16H,3-6,11-14H2,1-2H3,(H2,20,21,22);1H. The molecular weight excluding hydrogens is 473 g/mol. The van der Waals surface area contributed by atoms with Gasteiger partial charge >= 0.3 is 0 Å². The molecule has 0 aromatic heterocycles. The summed E-state index contributed by atoms with van der Waals surface area (Å²) in [6.45, 7) is 4.22. The molecule has 1 saturated heterocycles. The number of carbonyl (C=O) groups excluding carboxylic acids is 1. The second-order valence-electron chi connectivity index (χ2n) is 6.70. The molecule has 1 aromatic carbocycles. The number of unbranched alkanes of at least 4 members (excludes halogenated alkanes) is 1. The molecule has 8 nitrogen and oxygen atoms in total. The van der Waals surface area contributed by atoms with Gasteiger partial charge in [0.05, 0.1) is 4.92 Å². The molecule has 1 heterocycles. The van der Waals surface area contributed by atoms with Gasteiger partial charge in [0.1, 0.15) is 0 Å². The molecule has 0 radical (unpaired) electrons. The van der Waals surface area contributed by atoms with Gasteiger partial charge in [0, 0.05) is 51.3 Å². The van der Waals surface area contributed by atoms with Crippen LogP contribution in [0.4, 0.5) is 5.69 Å². The number of amides is 1. The number of halogens is 1. The number of rotatable bonds is 8. The van der Waals surface area contributed by atoms with Gasteiger partial charge in [0.25, 0.3) is 5.69 Å². The van der Waals surface area contributed by atoms with E-state index in [1.54, 1.807) is 19.2 Å². The zero-order chi connectivity index (χ0) is 19.6. The monoisotopic (exact) mass is 503 g/mol. The van der Waals surface area contributed by atoms with Crippen molar-refractivity contribution in [1.82, 2.24) is 15.5 Å². The SMILES string of the molecule is CCC(=O)N1CCC(NC(=NC)NCCCCc2ccc([N+](=O)[O-])cc2)C1.I. The number of guanidine groups is 1. The zero-order valence-corrected chi connectivity index (χ0v) is 18.8. The van der Waals surface area contributed by atoms with Gasteiger partial charge in [-0.1, -0.05) is 19.1 Å². The fourth-order valence-corrected chi connectivity index (χ4v) is 3.16. The number of nitrogens with one attached hydrogen (secondary N) is 2. The highest BCUT2D eigenvalue weighted by Crippen LogP contribution is 2.13. The highest BCUT2D eigenvalue weighted by atomic mass is 127. The molecule has 0 saturated carbocycles. The molecule has 2 rings (SSSR count). The molecule has 1 fully saturated rings. The molecule has 1 aliphatic heterocycles. The van der Waals surface area contributed by atoms with E-state index < -0.39 is 0 Å². The van der Waals surface area contributed by atoms with E-state index in [0.29, 0.717) is 6.42 Å². The number of hydrogen-bond acceptors (Lipinski definition) is 4. The predicted octanol–water partition coefficient (Wildman–Crippen LogP) is 2.71. The van der Waals surface area contributed by atoms with E-state index in [9.17, 15) is 14.9 Å². The maximum Gasteiger partial charge on any atom is 0.269 e. The van der Waals surface area contributed by atoms with Crippen molar-refractivity contribution < 1.29 is 9.72 Å². The van der Waals surface area contributed by atoms with Crippen LogP contribution in [0.5, 0.6) is 0 Å². The molecule has 0 bridgehead atoms. The Bertz CT molecular complexity index is 666. The van der Waals surface area contributed by atoms with E-state index in [4.69, 9.17) is 0 Å². The molecule has 0 spiro atoms. The first-order chi connectivity index (χ1) is 13.0. The predicted molar refractivity (Wildman–Crippen MR) is 121 cm³/mol. The number of nitro benzene ring substituents is 1. The molecule has 0 aliphatic carbocycles. The van der Waals surface area contributed by atoms with E-state index in [-0.39, 0.29) is 46.5 Å². The van der Waals surface area contributed by atoms with Crippen LogP contribution in [-0.4, -0.2) is 54.4 Å². The van der Waals surface area contributed by atoms with E-state index in [1.165, 1.54) is 0 Å². The van der Waals surface area contributed by atoms with Gasteiger partial charge < -0.3 is 15.5 Å². The van der Waals surface area contributed by atoms with E-state index in [1.807, 2.05) is 24.0 Å². The summed E-state index contributed by atoms with van der Waals surface area (Å²) in [6, 6.07) is 6.97. The summed E-state index contributed by atoms with van der Waals surface area (Å²) < 4.78 is 0. The topological polar surface area (TPSA) is 99.9 Å². The van der Waals surface area contributed by atoms with Crippen molar-refractivity contribution in [1.29, 1.82) is 0 Å². The second-order valence-corrected chi connectivity index (χ2v) is 6.70. The molecule has 1 aliphatic rings. The van der Waals surface area contributed by atoms with Gasteiger partial charge in [0.2, 0.25) is 5.91 Å². The highest BCUT2D eigenvalue weighted by molar-refractivity contribution is 14.0. The highest BCUT2D eigenvalue weighted by Gasteiger charge is 2.25. The molecule has 156 valence electrons.